The highest BCUT2D eigenvalue weighted by Gasteiger charge is 2.18. The summed E-state index contributed by atoms with van der Waals surface area (Å²) in [6, 6.07) is 6.21. The van der Waals surface area contributed by atoms with E-state index in [0.29, 0.717) is 11.9 Å². The SMILES string of the molecule is CCC(CSC)n1c(CCl)nc2cccc(Cl)c21. The molecule has 0 aliphatic rings. The minimum Gasteiger partial charge on any atom is -0.322 e. The van der Waals surface area contributed by atoms with E-state index in [1.54, 1.807) is 0 Å². The molecule has 2 rings (SSSR count). The quantitative estimate of drug-likeness (QED) is 0.742. The minimum atomic E-state index is 0.388. The van der Waals surface area contributed by atoms with Crippen LogP contribution in [0.2, 0.25) is 5.02 Å². The monoisotopic (exact) mass is 302 g/mol. The Balaban J connectivity index is 2.65. The molecule has 1 unspecified atom stereocenters. The Hall–Kier alpha value is -0.380. The number of hydrogen-bond acceptors (Lipinski definition) is 2. The largest absolute Gasteiger partial charge is 0.322 e. The van der Waals surface area contributed by atoms with Crippen LogP contribution < -0.4 is 0 Å². The van der Waals surface area contributed by atoms with Crippen LogP contribution in [0.5, 0.6) is 0 Å². The number of benzene rings is 1. The molecule has 0 saturated heterocycles. The highest BCUT2D eigenvalue weighted by Crippen LogP contribution is 2.30. The molecule has 2 nitrogen and oxygen atoms in total. The molecule has 0 N–H and O–H groups in total. The van der Waals surface area contributed by atoms with Crippen LogP contribution in [-0.2, 0) is 5.88 Å². The van der Waals surface area contributed by atoms with Gasteiger partial charge in [-0.15, -0.1) is 11.6 Å². The second-order valence-corrected chi connectivity index (χ2v) is 5.74. The van der Waals surface area contributed by atoms with Crippen LogP contribution in [0.4, 0.5) is 0 Å². The summed E-state index contributed by atoms with van der Waals surface area (Å²) >= 11 is 14.2. The van der Waals surface area contributed by atoms with E-state index in [1.807, 2.05) is 30.0 Å². The lowest BCUT2D eigenvalue weighted by Gasteiger charge is -2.19. The van der Waals surface area contributed by atoms with Gasteiger partial charge in [0, 0.05) is 11.8 Å². The molecule has 0 radical (unpaired) electrons. The van der Waals surface area contributed by atoms with Gasteiger partial charge in [-0.1, -0.05) is 24.6 Å². The fraction of sp³-hybridized carbons (Fsp3) is 0.462. The number of rotatable bonds is 5. The average molecular weight is 303 g/mol. The van der Waals surface area contributed by atoms with Crippen molar-refractivity contribution in [3.05, 3.63) is 29.0 Å². The number of nitrogens with zero attached hydrogens (tertiary/aromatic N) is 2. The number of imidazole rings is 1. The molecule has 0 spiro atoms. The summed E-state index contributed by atoms with van der Waals surface area (Å²) in [7, 11) is 0. The van der Waals surface area contributed by atoms with Crippen molar-refractivity contribution in [3.8, 4) is 0 Å². The minimum absolute atomic E-state index is 0.388. The molecule has 0 aliphatic heterocycles. The number of halogens is 2. The van der Waals surface area contributed by atoms with Crippen molar-refractivity contribution < 1.29 is 0 Å². The van der Waals surface area contributed by atoms with Gasteiger partial charge in [-0.25, -0.2) is 4.98 Å². The van der Waals surface area contributed by atoms with Gasteiger partial charge in [-0.05, 0) is 24.8 Å². The van der Waals surface area contributed by atoms with Gasteiger partial charge < -0.3 is 4.57 Å². The first kappa shape index (κ1) is 14.0. The van der Waals surface area contributed by atoms with Crippen LogP contribution in [0.1, 0.15) is 25.2 Å². The molecular formula is C13H16Cl2N2S. The highest BCUT2D eigenvalue weighted by molar-refractivity contribution is 7.98. The molecule has 0 aliphatic carbocycles. The molecule has 1 aromatic carbocycles. The fourth-order valence-electron chi connectivity index (χ4n) is 2.21. The second-order valence-electron chi connectivity index (χ2n) is 4.16. The van der Waals surface area contributed by atoms with Crippen molar-refractivity contribution in [1.29, 1.82) is 0 Å². The number of alkyl halides is 1. The third-order valence-corrected chi connectivity index (χ3v) is 4.31. The van der Waals surface area contributed by atoms with Crippen LogP contribution in [0.15, 0.2) is 18.2 Å². The molecule has 5 heteroatoms. The Bertz CT molecular complexity index is 539. The summed E-state index contributed by atoms with van der Waals surface area (Å²) in [4.78, 5) is 4.58. The summed E-state index contributed by atoms with van der Waals surface area (Å²) in [5, 5.41) is 0.746. The zero-order valence-electron chi connectivity index (χ0n) is 10.5. The first-order valence-electron chi connectivity index (χ1n) is 5.93. The van der Waals surface area contributed by atoms with Crippen LogP contribution in [-0.4, -0.2) is 21.6 Å². The molecular weight excluding hydrogens is 287 g/mol. The van der Waals surface area contributed by atoms with E-state index < -0.39 is 0 Å². The topological polar surface area (TPSA) is 17.8 Å². The summed E-state index contributed by atoms with van der Waals surface area (Å²) in [5.74, 6) is 2.35. The van der Waals surface area contributed by atoms with Gasteiger partial charge >= 0.3 is 0 Å². The van der Waals surface area contributed by atoms with Crippen LogP contribution >= 0.6 is 35.0 Å². The fourth-order valence-corrected chi connectivity index (χ4v) is 3.43. The normalized spacial score (nSPS) is 13.1. The maximum Gasteiger partial charge on any atom is 0.125 e. The van der Waals surface area contributed by atoms with Gasteiger partial charge in [0.15, 0.2) is 0 Å². The van der Waals surface area contributed by atoms with E-state index in [1.165, 1.54) is 0 Å². The molecule has 1 heterocycles. The van der Waals surface area contributed by atoms with Crippen molar-refractivity contribution in [2.45, 2.75) is 25.3 Å². The van der Waals surface area contributed by atoms with E-state index in [9.17, 15) is 0 Å². The van der Waals surface area contributed by atoms with E-state index in [2.05, 4.69) is 22.7 Å². The van der Waals surface area contributed by atoms with Crippen LogP contribution in [0, 0.1) is 0 Å². The number of hydrogen-bond donors (Lipinski definition) is 0. The zero-order chi connectivity index (χ0) is 13.1. The van der Waals surface area contributed by atoms with Gasteiger partial charge in [0.25, 0.3) is 0 Å². The van der Waals surface area contributed by atoms with Crippen molar-refractivity contribution in [3.63, 3.8) is 0 Å². The maximum absolute atomic E-state index is 6.32. The number of aromatic nitrogens is 2. The smallest absolute Gasteiger partial charge is 0.125 e. The third kappa shape index (κ3) is 2.49. The number of para-hydroxylation sites is 1. The number of thioether (sulfide) groups is 1. The Morgan fingerprint density at radius 1 is 1.44 bits per heavy atom. The summed E-state index contributed by atoms with van der Waals surface area (Å²) in [6.45, 7) is 2.18. The standard InChI is InChI=1S/C13H16Cl2N2S/c1-3-9(8-18-2)17-12(7-14)16-11-6-4-5-10(15)13(11)17/h4-6,9H,3,7-8H2,1-2H3. The Labute approximate surface area is 122 Å². The molecule has 1 atom stereocenters. The zero-order valence-corrected chi connectivity index (χ0v) is 12.8. The molecule has 1 aromatic heterocycles. The third-order valence-electron chi connectivity index (χ3n) is 3.05. The molecule has 0 amide bonds. The van der Waals surface area contributed by atoms with Crippen LogP contribution in [0.3, 0.4) is 0 Å². The van der Waals surface area contributed by atoms with Gasteiger partial charge in [0.05, 0.1) is 21.9 Å². The molecule has 0 fully saturated rings. The lowest BCUT2D eigenvalue weighted by Crippen LogP contribution is -2.13. The summed E-state index contributed by atoms with van der Waals surface area (Å²) in [5.41, 5.74) is 1.94. The Morgan fingerprint density at radius 2 is 2.22 bits per heavy atom. The van der Waals surface area contributed by atoms with Gasteiger partial charge in [0.2, 0.25) is 0 Å². The van der Waals surface area contributed by atoms with Gasteiger partial charge in [-0.2, -0.15) is 11.8 Å². The van der Waals surface area contributed by atoms with E-state index >= 15 is 0 Å². The molecule has 0 saturated carbocycles. The second kappa shape index (κ2) is 6.18. The molecule has 0 bridgehead atoms. The van der Waals surface area contributed by atoms with Gasteiger partial charge in [-0.3, -0.25) is 0 Å². The predicted molar refractivity (Wildman–Crippen MR) is 82.0 cm³/mol. The van der Waals surface area contributed by atoms with E-state index in [0.717, 1.165) is 34.1 Å². The Morgan fingerprint density at radius 3 is 2.83 bits per heavy atom. The highest BCUT2D eigenvalue weighted by atomic mass is 35.5. The molecule has 18 heavy (non-hydrogen) atoms. The first-order chi connectivity index (χ1) is 8.72. The van der Waals surface area contributed by atoms with Gasteiger partial charge in [0.1, 0.15) is 5.82 Å². The van der Waals surface area contributed by atoms with Crippen molar-refractivity contribution in [1.82, 2.24) is 9.55 Å². The summed E-state index contributed by atoms with van der Waals surface area (Å²) in [6.07, 6.45) is 3.16. The number of fused-ring (bicyclic) bond motifs is 1. The maximum atomic E-state index is 6.32. The molecule has 98 valence electrons. The Kier molecular flexibility index (Phi) is 4.82. The lowest BCUT2D eigenvalue weighted by atomic mass is 10.2. The van der Waals surface area contributed by atoms with Crippen LogP contribution in [0.25, 0.3) is 11.0 Å². The van der Waals surface area contributed by atoms with Crippen molar-refractivity contribution in [2.24, 2.45) is 0 Å². The van der Waals surface area contributed by atoms with E-state index in [-0.39, 0.29) is 0 Å². The average Bonchev–Trinajstić information content (AvgIpc) is 2.76. The van der Waals surface area contributed by atoms with Crippen molar-refractivity contribution >= 4 is 46.0 Å². The lowest BCUT2D eigenvalue weighted by molar-refractivity contribution is 0.538. The van der Waals surface area contributed by atoms with E-state index in [4.69, 9.17) is 23.2 Å². The van der Waals surface area contributed by atoms with Crippen molar-refractivity contribution in [2.75, 3.05) is 12.0 Å². The molecule has 2 aromatic rings. The summed E-state index contributed by atoms with van der Waals surface area (Å²) < 4.78 is 2.21. The predicted octanol–water partition coefficient (Wildman–Crippen LogP) is 4.74. The first-order valence-corrected chi connectivity index (χ1v) is 8.23.